The average molecular weight is 315 g/mol. The fraction of sp³-hybridized carbons (Fsp3) is 0.133. The van der Waals surface area contributed by atoms with Gasteiger partial charge >= 0.3 is 6.36 Å². The Bertz CT molecular complexity index is 681. The van der Waals surface area contributed by atoms with E-state index in [1.165, 1.54) is 37.3 Å². The van der Waals surface area contributed by atoms with Gasteiger partial charge in [-0.1, -0.05) is 41.9 Å². The molecule has 0 N–H and O–H groups in total. The average Bonchev–Trinajstić information content (AvgIpc) is 2.36. The minimum Gasteiger partial charge on any atom is -0.405 e. The quantitative estimate of drug-likeness (QED) is 0.736. The highest BCUT2D eigenvalue weighted by molar-refractivity contribution is 6.34. The lowest BCUT2D eigenvalue weighted by Crippen LogP contribution is -2.17. The predicted molar refractivity (Wildman–Crippen MR) is 73.6 cm³/mol. The number of carbonyl (C=O) groups is 1. The molecular weight excluding hydrogens is 305 g/mol. The van der Waals surface area contributed by atoms with E-state index >= 15 is 0 Å². The van der Waals surface area contributed by atoms with Crippen LogP contribution in [0.5, 0.6) is 5.75 Å². The van der Waals surface area contributed by atoms with Crippen molar-refractivity contribution in [1.82, 2.24) is 0 Å². The Morgan fingerprint density at radius 3 is 2.29 bits per heavy atom. The van der Waals surface area contributed by atoms with E-state index in [2.05, 4.69) is 4.74 Å². The Hall–Kier alpha value is -2.01. The van der Waals surface area contributed by atoms with Crippen LogP contribution < -0.4 is 4.74 Å². The number of hydrogen-bond acceptors (Lipinski definition) is 2. The minimum atomic E-state index is -4.81. The molecule has 0 heterocycles. The first-order valence-corrected chi connectivity index (χ1v) is 6.32. The molecule has 0 atom stereocenters. The molecule has 2 aromatic carbocycles. The maximum absolute atomic E-state index is 12.5. The Balaban J connectivity index is 2.63. The highest BCUT2D eigenvalue weighted by Crippen LogP contribution is 2.37. The molecule has 0 unspecified atom stereocenters. The zero-order valence-corrected chi connectivity index (χ0v) is 11.6. The molecule has 0 amide bonds. The van der Waals surface area contributed by atoms with Crippen LogP contribution >= 0.6 is 11.6 Å². The third kappa shape index (κ3) is 3.55. The molecule has 0 bridgehead atoms. The van der Waals surface area contributed by atoms with Gasteiger partial charge in [-0.05, 0) is 24.6 Å². The normalized spacial score (nSPS) is 11.3. The summed E-state index contributed by atoms with van der Waals surface area (Å²) in [7, 11) is 0. The van der Waals surface area contributed by atoms with Gasteiger partial charge in [0, 0.05) is 11.1 Å². The van der Waals surface area contributed by atoms with Gasteiger partial charge in [-0.2, -0.15) is 0 Å². The molecule has 110 valence electrons. The van der Waals surface area contributed by atoms with Crippen LogP contribution in [0.2, 0.25) is 5.02 Å². The summed E-state index contributed by atoms with van der Waals surface area (Å²) < 4.78 is 41.4. The predicted octanol–water partition coefficient (Wildman–Crippen LogP) is 5.11. The van der Waals surface area contributed by atoms with Crippen molar-refractivity contribution >= 4 is 17.4 Å². The minimum absolute atomic E-state index is 0.155. The molecule has 0 aliphatic rings. The van der Waals surface area contributed by atoms with Crippen LogP contribution in [0, 0.1) is 0 Å². The summed E-state index contributed by atoms with van der Waals surface area (Å²) in [6, 6.07) is 10.2. The molecular formula is C15H10ClF3O2. The molecule has 0 radical (unpaired) electrons. The van der Waals surface area contributed by atoms with E-state index in [1.54, 1.807) is 12.1 Å². The van der Waals surface area contributed by atoms with Crippen molar-refractivity contribution in [2.45, 2.75) is 13.3 Å². The van der Waals surface area contributed by atoms with Crippen molar-refractivity contribution in [3.8, 4) is 16.9 Å². The van der Waals surface area contributed by atoms with Gasteiger partial charge in [0.05, 0.1) is 5.02 Å². The van der Waals surface area contributed by atoms with Gasteiger partial charge < -0.3 is 4.74 Å². The molecule has 0 saturated heterocycles. The highest BCUT2D eigenvalue weighted by Gasteiger charge is 2.32. The Morgan fingerprint density at radius 2 is 1.67 bits per heavy atom. The van der Waals surface area contributed by atoms with Crippen LogP contribution in [0.25, 0.3) is 11.1 Å². The largest absolute Gasteiger partial charge is 0.573 e. The van der Waals surface area contributed by atoms with Crippen LogP contribution in [0.3, 0.4) is 0 Å². The standard InChI is InChI=1S/C15H10ClF3O2/c1-9(20)14-11(6-4-7-12(14)16)10-5-2-3-8-13(10)21-15(17,18)19/h2-8H,1H3. The van der Waals surface area contributed by atoms with Crippen LogP contribution in [0.15, 0.2) is 42.5 Å². The number of hydrogen-bond donors (Lipinski definition) is 0. The fourth-order valence-electron chi connectivity index (χ4n) is 2.01. The van der Waals surface area contributed by atoms with Crippen LogP contribution in [-0.2, 0) is 0 Å². The number of ketones is 1. The van der Waals surface area contributed by atoms with Crippen molar-refractivity contribution in [2.24, 2.45) is 0 Å². The number of alkyl halides is 3. The van der Waals surface area contributed by atoms with Crippen molar-refractivity contribution in [1.29, 1.82) is 0 Å². The zero-order chi connectivity index (χ0) is 15.6. The van der Waals surface area contributed by atoms with Gasteiger partial charge in [0.15, 0.2) is 5.78 Å². The number of ether oxygens (including phenoxy) is 1. The third-order valence-electron chi connectivity index (χ3n) is 2.77. The van der Waals surface area contributed by atoms with Crippen molar-refractivity contribution in [2.75, 3.05) is 0 Å². The maximum Gasteiger partial charge on any atom is 0.573 e. The lowest BCUT2D eigenvalue weighted by atomic mass is 9.97. The smallest absolute Gasteiger partial charge is 0.405 e. The first-order valence-electron chi connectivity index (χ1n) is 5.94. The molecule has 21 heavy (non-hydrogen) atoms. The maximum atomic E-state index is 12.5. The first kappa shape index (κ1) is 15.4. The highest BCUT2D eigenvalue weighted by atomic mass is 35.5. The Morgan fingerprint density at radius 1 is 1.05 bits per heavy atom. The summed E-state index contributed by atoms with van der Waals surface area (Å²) >= 11 is 5.98. The number of Topliss-reactive ketones (excluding diaryl/α,β-unsaturated/α-hetero) is 1. The van der Waals surface area contributed by atoms with Gasteiger partial charge in [-0.25, -0.2) is 0 Å². The monoisotopic (exact) mass is 314 g/mol. The van der Waals surface area contributed by atoms with E-state index in [9.17, 15) is 18.0 Å². The third-order valence-corrected chi connectivity index (χ3v) is 3.08. The van der Waals surface area contributed by atoms with Crippen LogP contribution in [0.4, 0.5) is 13.2 Å². The number of para-hydroxylation sites is 1. The fourth-order valence-corrected chi connectivity index (χ4v) is 2.32. The number of carbonyl (C=O) groups excluding carboxylic acids is 1. The molecule has 6 heteroatoms. The van der Waals surface area contributed by atoms with E-state index in [4.69, 9.17) is 11.6 Å². The summed E-state index contributed by atoms with van der Waals surface area (Å²) in [6.07, 6.45) is -4.81. The van der Waals surface area contributed by atoms with Crippen molar-refractivity contribution in [3.63, 3.8) is 0 Å². The summed E-state index contributed by atoms with van der Waals surface area (Å²) in [5.74, 6) is -0.716. The lowest BCUT2D eigenvalue weighted by molar-refractivity contribution is -0.274. The van der Waals surface area contributed by atoms with Crippen molar-refractivity contribution < 1.29 is 22.7 Å². The van der Waals surface area contributed by atoms with Gasteiger partial charge in [0.2, 0.25) is 0 Å². The number of halogens is 4. The van der Waals surface area contributed by atoms with Gasteiger partial charge in [-0.3, -0.25) is 4.79 Å². The SMILES string of the molecule is CC(=O)c1c(Cl)cccc1-c1ccccc1OC(F)(F)F. The molecule has 0 saturated carbocycles. The van der Waals surface area contributed by atoms with Gasteiger partial charge in [-0.15, -0.1) is 13.2 Å². The molecule has 0 fully saturated rings. The molecule has 0 aromatic heterocycles. The van der Waals surface area contributed by atoms with E-state index < -0.39 is 6.36 Å². The van der Waals surface area contributed by atoms with E-state index in [0.717, 1.165) is 0 Å². The molecule has 0 aliphatic heterocycles. The van der Waals surface area contributed by atoms with Gasteiger partial charge in [0.25, 0.3) is 0 Å². The molecule has 2 aromatic rings. The van der Waals surface area contributed by atoms with Crippen molar-refractivity contribution in [3.05, 3.63) is 53.1 Å². The first-order chi connectivity index (χ1) is 9.79. The Kier molecular flexibility index (Phi) is 4.23. The van der Waals surface area contributed by atoms with Crippen LogP contribution in [0.1, 0.15) is 17.3 Å². The summed E-state index contributed by atoms with van der Waals surface area (Å²) in [6.45, 7) is 1.30. The second-order valence-electron chi connectivity index (χ2n) is 4.26. The summed E-state index contributed by atoms with van der Waals surface area (Å²) in [5.41, 5.74) is 0.620. The molecule has 2 rings (SSSR count). The second-order valence-corrected chi connectivity index (χ2v) is 4.67. The van der Waals surface area contributed by atoms with E-state index in [-0.39, 0.29) is 27.7 Å². The van der Waals surface area contributed by atoms with Crippen LogP contribution in [-0.4, -0.2) is 12.1 Å². The van der Waals surface area contributed by atoms with E-state index in [0.29, 0.717) is 5.56 Å². The number of benzene rings is 2. The lowest BCUT2D eigenvalue weighted by Gasteiger charge is -2.15. The summed E-state index contributed by atoms with van der Waals surface area (Å²) in [5, 5.41) is 0.182. The molecule has 2 nitrogen and oxygen atoms in total. The second kappa shape index (κ2) is 5.77. The molecule has 0 aliphatic carbocycles. The molecule has 0 spiro atoms. The zero-order valence-electron chi connectivity index (χ0n) is 10.9. The number of rotatable bonds is 3. The van der Waals surface area contributed by atoms with Gasteiger partial charge in [0.1, 0.15) is 5.75 Å². The Labute approximate surface area is 124 Å². The van der Waals surface area contributed by atoms with E-state index in [1.807, 2.05) is 0 Å². The topological polar surface area (TPSA) is 26.3 Å². The summed E-state index contributed by atoms with van der Waals surface area (Å²) in [4.78, 5) is 11.7.